The van der Waals surface area contributed by atoms with E-state index in [1.54, 1.807) is 12.3 Å². The molecule has 1 saturated carbocycles. The van der Waals surface area contributed by atoms with Gasteiger partial charge in [-0.15, -0.1) is 0 Å². The molecule has 86 valence electrons. The van der Waals surface area contributed by atoms with Gasteiger partial charge < -0.3 is 0 Å². The highest BCUT2D eigenvalue weighted by atomic mass is 127. The zero-order chi connectivity index (χ0) is 11.5. The average Bonchev–Trinajstić information content (AvgIpc) is 3.04. The van der Waals surface area contributed by atoms with E-state index in [4.69, 9.17) is 11.6 Å². The first kappa shape index (κ1) is 11.9. The zero-order valence-electron chi connectivity index (χ0n) is 8.46. The first-order valence-corrected chi connectivity index (χ1v) is 6.47. The average molecular weight is 352 g/mol. The molecular formula is C10H11ClIN3O. The molecule has 0 aliphatic heterocycles. The molecule has 1 aliphatic rings. The maximum atomic E-state index is 11.4. The molecule has 0 bridgehead atoms. The van der Waals surface area contributed by atoms with E-state index in [1.165, 1.54) is 12.8 Å². The SMILES string of the molecule is O=C(CC1CC1)NNc1nccc(Cl)c1I. The van der Waals surface area contributed by atoms with Crippen molar-refractivity contribution >= 4 is 45.9 Å². The fraction of sp³-hybridized carbons (Fsp3) is 0.400. The number of hydrogen-bond acceptors (Lipinski definition) is 3. The van der Waals surface area contributed by atoms with Gasteiger partial charge in [0.1, 0.15) is 0 Å². The molecule has 1 heterocycles. The lowest BCUT2D eigenvalue weighted by Gasteiger charge is -2.09. The van der Waals surface area contributed by atoms with Gasteiger partial charge in [-0.3, -0.25) is 15.6 Å². The number of amides is 1. The van der Waals surface area contributed by atoms with Crippen molar-refractivity contribution in [1.29, 1.82) is 0 Å². The predicted octanol–water partition coefficient (Wildman–Crippen LogP) is 2.58. The molecule has 0 aromatic carbocycles. The summed E-state index contributed by atoms with van der Waals surface area (Å²) in [5.74, 6) is 1.16. The standard InChI is InChI=1S/C10H11ClIN3O/c11-7-3-4-13-10(9(7)12)15-14-8(16)5-6-1-2-6/h3-4,6H,1-2,5H2,(H,13,15)(H,14,16). The molecule has 1 aromatic heterocycles. The van der Waals surface area contributed by atoms with Crippen LogP contribution in [0, 0.1) is 9.49 Å². The quantitative estimate of drug-likeness (QED) is 0.647. The van der Waals surface area contributed by atoms with Crippen LogP contribution in [0.3, 0.4) is 0 Å². The first-order valence-electron chi connectivity index (χ1n) is 5.01. The lowest BCUT2D eigenvalue weighted by Crippen LogP contribution is -2.30. The van der Waals surface area contributed by atoms with Crippen molar-refractivity contribution in [2.75, 3.05) is 5.43 Å². The molecule has 1 aliphatic carbocycles. The molecule has 0 spiro atoms. The van der Waals surface area contributed by atoms with Gasteiger partial charge in [0.2, 0.25) is 5.91 Å². The van der Waals surface area contributed by atoms with Gasteiger partial charge >= 0.3 is 0 Å². The molecule has 16 heavy (non-hydrogen) atoms. The Morgan fingerprint density at radius 2 is 2.38 bits per heavy atom. The van der Waals surface area contributed by atoms with Crippen molar-refractivity contribution in [3.05, 3.63) is 20.9 Å². The number of hydrogen-bond donors (Lipinski definition) is 2. The summed E-state index contributed by atoms with van der Waals surface area (Å²) >= 11 is 8.00. The van der Waals surface area contributed by atoms with E-state index < -0.39 is 0 Å². The minimum atomic E-state index is 0.0000699. The van der Waals surface area contributed by atoms with Crippen LogP contribution in [0.1, 0.15) is 19.3 Å². The molecule has 4 nitrogen and oxygen atoms in total. The Kier molecular flexibility index (Phi) is 3.86. The Labute approximate surface area is 112 Å². The van der Waals surface area contributed by atoms with Crippen LogP contribution in [-0.4, -0.2) is 10.9 Å². The zero-order valence-corrected chi connectivity index (χ0v) is 11.4. The summed E-state index contributed by atoms with van der Waals surface area (Å²) in [7, 11) is 0. The fourth-order valence-electron chi connectivity index (χ4n) is 1.27. The van der Waals surface area contributed by atoms with Gasteiger partial charge in [-0.25, -0.2) is 4.98 Å². The second-order valence-corrected chi connectivity index (χ2v) is 5.26. The Morgan fingerprint density at radius 1 is 1.62 bits per heavy atom. The highest BCUT2D eigenvalue weighted by Gasteiger charge is 2.24. The number of halogens is 2. The Balaban J connectivity index is 1.88. The van der Waals surface area contributed by atoms with Crippen LogP contribution in [0.15, 0.2) is 12.3 Å². The lowest BCUT2D eigenvalue weighted by molar-refractivity contribution is -0.120. The first-order chi connectivity index (χ1) is 7.66. The van der Waals surface area contributed by atoms with E-state index in [9.17, 15) is 4.79 Å². The Bertz CT molecular complexity index is 409. The van der Waals surface area contributed by atoms with E-state index in [-0.39, 0.29) is 5.91 Å². The monoisotopic (exact) mass is 351 g/mol. The molecule has 1 amide bonds. The van der Waals surface area contributed by atoms with Crippen LogP contribution in [0.2, 0.25) is 5.02 Å². The molecule has 0 unspecified atom stereocenters. The predicted molar refractivity (Wildman–Crippen MR) is 71.1 cm³/mol. The summed E-state index contributed by atoms with van der Waals surface area (Å²) in [4.78, 5) is 15.5. The van der Waals surface area contributed by atoms with Gasteiger partial charge in [0.05, 0.1) is 8.59 Å². The van der Waals surface area contributed by atoms with Crippen LogP contribution in [0.25, 0.3) is 0 Å². The molecule has 1 fully saturated rings. The molecular weight excluding hydrogens is 340 g/mol. The minimum absolute atomic E-state index is 0.0000699. The van der Waals surface area contributed by atoms with Crippen molar-refractivity contribution in [2.45, 2.75) is 19.3 Å². The van der Waals surface area contributed by atoms with E-state index >= 15 is 0 Å². The maximum absolute atomic E-state index is 11.4. The van der Waals surface area contributed by atoms with Crippen molar-refractivity contribution in [1.82, 2.24) is 10.4 Å². The maximum Gasteiger partial charge on any atom is 0.238 e. The molecule has 0 atom stereocenters. The normalized spacial score (nSPS) is 14.6. The van der Waals surface area contributed by atoms with Crippen LogP contribution in [0.4, 0.5) is 5.82 Å². The van der Waals surface area contributed by atoms with Crippen LogP contribution < -0.4 is 10.9 Å². The smallest absolute Gasteiger partial charge is 0.238 e. The Morgan fingerprint density at radius 3 is 3.06 bits per heavy atom. The van der Waals surface area contributed by atoms with Crippen molar-refractivity contribution in [2.24, 2.45) is 5.92 Å². The van der Waals surface area contributed by atoms with Crippen molar-refractivity contribution in [3.8, 4) is 0 Å². The van der Waals surface area contributed by atoms with Crippen LogP contribution >= 0.6 is 34.2 Å². The topological polar surface area (TPSA) is 54.0 Å². The third-order valence-electron chi connectivity index (χ3n) is 2.33. The molecule has 0 radical (unpaired) electrons. The van der Waals surface area contributed by atoms with E-state index in [1.807, 2.05) is 0 Å². The van der Waals surface area contributed by atoms with Gasteiger partial charge in [0.25, 0.3) is 0 Å². The summed E-state index contributed by atoms with van der Waals surface area (Å²) < 4.78 is 0.800. The minimum Gasteiger partial charge on any atom is -0.281 e. The lowest BCUT2D eigenvalue weighted by atomic mass is 10.3. The number of pyridine rings is 1. The molecule has 1 aromatic rings. The number of anilines is 1. The fourth-order valence-corrected chi connectivity index (χ4v) is 1.87. The second kappa shape index (κ2) is 5.18. The third kappa shape index (κ3) is 3.21. The number of hydrazine groups is 1. The highest BCUT2D eigenvalue weighted by Crippen LogP contribution is 2.32. The summed E-state index contributed by atoms with van der Waals surface area (Å²) in [5.41, 5.74) is 5.41. The van der Waals surface area contributed by atoms with Crippen molar-refractivity contribution in [3.63, 3.8) is 0 Å². The number of carbonyl (C=O) groups excluding carboxylic acids is 1. The van der Waals surface area contributed by atoms with Gasteiger partial charge in [-0.05, 0) is 47.4 Å². The summed E-state index contributed by atoms with van der Waals surface area (Å²) in [6.07, 6.45) is 4.52. The van der Waals surface area contributed by atoms with E-state index in [0.717, 1.165) is 3.57 Å². The third-order valence-corrected chi connectivity index (χ3v) is 4.06. The van der Waals surface area contributed by atoms with E-state index in [0.29, 0.717) is 23.2 Å². The second-order valence-electron chi connectivity index (χ2n) is 3.78. The molecule has 0 saturated heterocycles. The van der Waals surface area contributed by atoms with Crippen LogP contribution in [0.5, 0.6) is 0 Å². The summed E-state index contributed by atoms with van der Waals surface area (Å²) in [5, 5.41) is 0.620. The number of aromatic nitrogens is 1. The van der Waals surface area contributed by atoms with Gasteiger partial charge in [-0.2, -0.15) is 0 Å². The summed E-state index contributed by atoms with van der Waals surface area (Å²) in [6, 6.07) is 1.71. The number of nitrogens with one attached hydrogen (secondary N) is 2. The van der Waals surface area contributed by atoms with E-state index in [2.05, 4.69) is 38.4 Å². The number of nitrogens with zero attached hydrogens (tertiary/aromatic N) is 1. The highest BCUT2D eigenvalue weighted by molar-refractivity contribution is 14.1. The van der Waals surface area contributed by atoms with Gasteiger partial charge in [0.15, 0.2) is 5.82 Å². The Hall–Kier alpha value is -0.560. The van der Waals surface area contributed by atoms with Gasteiger partial charge in [0, 0.05) is 12.6 Å². The number of carbonyl (C=O) groups is 1. The molecule has 6 heteroatoms. The van der Waals surface area contributed by atoms with Crippen molar-refractivity contribution < 1.29 is 4.79 Å². The van der Waals surface area contributed by atoms with Crippen LogP contribution in [-0.2, 0) is 4.79 Å². The van der Waals surface area contributed by atoms with Gasteiger partial charge in [-0.1, -0.05) is 11.6 Å². The summed E-state index contributed by atoms with van der Waals surface area (Å²) in [6.45, 7) is 0. The molecule has 2 N–H and O–H groups in total. The largest absolute Gasteiger partial charge is 0.281 e. The number of rotatable bonds is 4. The molecule has 2 rings (SSSR count).